The van der Waals surface area contributed by atoms with Gasteiger partial charge in [0, 0.05) is 26.2 Å². The molecule has 2 aliphatic rings. The van der Waals surface area contributed by atoms with E-state index in [1.54, 1.807) is 24.0 Å². The van der Waals surface area contributed by atoms with Gasteiger partial charge in [0.2, 0.25) is 5.91 Å². The zero-order valence-corrected chi connectivity index (χ0v) is 15.4. The molecule has 0 bridgehead atoms. The number of amides is 2. The first-order chi connectivity index (χ1) is 12.6. The van der Waals surface area contributed by atoms with E-state index in [0.29, 0.717) is 25.6 Å². The highest BCUT2D eigenvalue weighted by atomic mass is 16.6. The summed E-state index contributed by atoms with van der Waals surface area (Å²) >= 11 is 0. The highest BCUT2D eigenvalue weighted by Gasteiger charge is 2.33. The minimum Gasteiger partial charge on any atom is -0.508 e. The lowest BCUT2D eigenvalue weighted by Gasteiger charge is -2.37. The molecule has 0 saturated carbocycles. The van der Waals surface area contributed by atoms with Crippen LogP contribution in [-0.4, -0.2) is 59.7 Å². The fraction of sp³-hybridized carbons (Fsp3) is 0.600. The number of carbonyl (C=O) groups is 2. The monoisotopic (exact) mass is 360 g/mol. The summed E-state index contributed by atoms with van der Waals surface area (Å²) in [5.41, 5.74) is 1.22. The van der Waals surface area contributed by atoms with Crippen molar-refractivity contribution < 1.29 is 19.4 Å². The van der Waals surface area contributed by atoms with Gasteiger partial charge in [0.05, 0.1) is 12.5 Å². The number of phenols is 1. The van der Waals surface area contributed by atoms with E-state index in [1.165, 1.54) is 5.56 Å². The zero-order chi connectivity index (χ0) is 18.5. The molecule has 0 aliphatic carbocycles. The Kier molecular flexibility index (Phi) is 6.01. The van der Waals surface area contributed by atoms with Crippen molar-refractivity contribution in [3.8, 4) is 5.75 Å². The van der Waals surface area contributed by atoms with Crippen molar-refractivity contribution in [3.05, 3.63) is 29.8 Å². The zero-order valence-electron chi connectivity index (χ0n) is 15.4. The molecular formula is C20H28N2O4. The predicted octanol–water partition coefficient (Wildman–Crippen LogP) is 2.97. The fourth-order valence-electron chi connectivity index (χ4n) is 4.00. The van der Waals surface area contributed by atoms with Crippen molar-refractivity contribution in [2.45, 2.75) is 38.5 Å². The lowest BCUT2D eigenvalue weighted by molar-refractivity contribution is -0.138. The molecular weight excluding hydrogens is 332 g/mol. The number of rotatable bonds is 3. The summed E-state index contributed by atoms with van der Waals surface area (Å²) in [5, 5.41) is 9.42. The third-order valence-electron chi connectivity index (χ3n) is 5.47. The first kappa shape index (κ1) is 18.5. The molecule has 142 valence electrons. The van der Waals surface area contributed by atoms with Gasteiger partial charge in [0.25, 0.3) is 0 Å². The molecule has 2 fully saturated rings. The van der Waals surface area contributed by atoms with Crippen molar-refractivity contribution in [1.82, 2.24) is 9.80 Å². The Balaban J connectivity index is 1.53. The highest BCUT2D eigenvalue weighted by Crippen LogP contribution is 2.30. The number of aromatic hydroxyl groups is 1. The van der Waals surface area contributed by atoms with E-state index in [4.69, 9.17) is 4.74 Å². The van der Waals surface area contributed by atoms with Gasteiger partial charge in [0.1, 0.15) is 5.75 Å². The summed E-state index contributed by atoms with van der Waals surface area (Å²) in [6, 6.07) is 7.38. The average Bonchev–Trinajstić information content (AvgIpc) is 2.68. The SMILES string of the molecule is CCOC(=O)N1CCCC(C(=O)N2CCC(c3ccc(O)cc3)CC2)C1. The number of likely N-dealkylation sites (tertiary alicyclic amines) is 2. The molecule has 6 nitrogen and oxygen atoms in total. The third-order valence-corrected chi connectivity index (χ3v) is 5.47. The standard InChI is InChI=1S/C20H28N2O4/c1-2-26-20(25)22-11-3-4-17(14-22)19(24)21-12-9-16(10-13-21)15-5-7-18(23)8-6-15/h5-8,16-17,23H,2-4,9-14H2,1H3. The number of nitrogens with zero attached hydrogens (tertiary/aromatic N) is 2. The van der Waals surface area contributed by atoms with E-state index >= 15 is 0 Å². The molecule has 1 aromatic rings. The van der Waals surface area contributed by atoms with Crippen molar-refractivity contribution in [1.29, 1.82) is 0 Å². The van der Waals surface area contributed by atoms with E-state index < -0.39 is 0 Å². The van der Waals surface area contributed by atoms with Crippen molar-refractivity contribution in [2.75, 3.05) is 32.8 Å². The van der Waals surface area contributed by atoms with E-state index in [2.05, 4.69) is 0 Å². The first-order valence-electron chi connectivity index (χ1n) is 9.58. The van der Waals surface area contributed by atoms with Gasteiger partial charge in [-0.2, -0.15) is 0 Å². The normalized spacial score (nSPS) is 21.5. The van der Waals surface area contributed by atoms with E-state index in [-0.39, 0.29) is 23.7 Å². The molecule has 2 saturated heterocycles. The molecule has 6 heteroatoms. The van der Waals surface area contributed by atoms with Gasteiger partial charge in [-0.25, -0.2) is 4.79 Å². The summed E-state index contributed by atoms with van der Waals surface area (Å²) in [7, 11) is 0. The first-order valence-corrected chi connectivity index (χ1v) is 9.58. The van der Waals surface area contributed by atoms with Crippen molar-refractivity contribution >= 4 is 12.0 Å². The predicted molar refractivity (Wildman–Crippen MR) is 98.0 cm³/mol. The highest BCUT2D eigenvalue weighted by molar-refractivity contribution is 5.80. The molecule has 3 rings (SSSR count). The second kappa shape index (κ2) is 8.43. The Morgan fingerprint density at radius 1 is 1.08 bits per heavy atom. The van der Waals surface area contributed by atoms with Gasteiger partial charge in [-0.1, -0.05) is 12.1 Å². The Hall–Kier alpha value is -2.24. The van der Waals surface area contributed by atoms with Crippen LogP contribution in [0, 0.1) is 5.92 Å². The number of piperidine rings is 2. The second-order valence-electron chi connectivity index (χ2n) is 7.18. The smallest absolute Gasteiger partial charge is 0.409 e. The summed E-state index contributed by atoms with van der Waals surface area (Å²) < 4.78 is 5.07. The molecule has 26 heavy (non-hydrogen) atoms. The molecule has 2 aliphatic heterocycles. The largest absolute Gasteiger partial charge is 0.508 e. The van der Waals surface area contributed by atoms with Crippen LogP contribution in [-0.2, 0) is 9.53 Å². The molecule has 0 spiro atoms. The van der Waals surface area contributed by atoms with Crippen LogP contribution in [0.2, 0.25) is 0 Å². The Labute approximate surface area is 154 Å². The van der Waals surface area contributed by atoms with Crippen LogP contribution in [0.3, 0.4) is 0 Å². The van der Waals surface area contributed by atoms with Crippen molar-refractivity contribution in [2.24, 2.45) is 5.92 Å². The molecule has 1 N–H and O–H groups in total. The third kappa shape index (κ3) is 4.29. The maximum atomic E-state index is 12.9. The van der Waals surface area contributed by atoms with Crippen LogP contribution in [0.4, 0.5) is 4.79 Å². The summed E-state index contributed by atoms with van der Waals surface area (Å²) in [5.74, 6) is 0.772. The quantitative estimate of drug-likeness (QED) is 0.900. The maximum absolute atomic E-state index is 12.9. The second-order valence-corrected chi connectivity index (χ2v) is 7.18. The minimum absolute atomic E-state index is 0.113. The maximum Gasteiger partial charge on any atom is 0.409 e. The van der Waals surface area contributed by atoms with Crippen LogP contribution in [0.15, 0.2) is 24.3 Å². The number of ether oxygens (including phenoxy) is 1. The Morgan fingerprint density at radius 2 is 1.77 bits per heavy atom. The molecule has 2 amide bonds. The molecule has 0 radical (unpaired) electrons. The van der Waals surface area contributed by atoms with Gasteiger partial charge < -0.3 is 19.6 Å². The van der Waals surface area contributed by atoms with Crippen molar-refractivity contribution in [3.63, 3.8) is 0 Å². The summed E-state index contributed by atoms with van der Waals surface area (Å²) in [4.78, 5) is 28.4. The minimum atomic E-state index is -0.309. The topological polar surface area (TPSA) is 70.1 Å². The number of carbonyl (C=O) groups excluding carboxylic acids is 2. The molecule has 1 aromatic carbocycles. The molecule has 1 unspecified atom stereocenters. The average molecular weight is 360 g/mol. The Bertz CT molecular complexity index is 623. The molecule has 0 aromatic heterocycles. The van der Waals surface area contributed by atoms with Crippen LogP contribution in [0.1, 0.15) is 44.1 Å². The van der Waals surface area contributed by atoms with Crippen LogP contribution in [0.5, 0.6) is 5.75 Å². The van der Waals surface area contributed by atoms with Crippen LogP contribution < -0.4 is 0 Å². The number of benzene rings is 1. The molecule has 2 heterocycles. The number of hydrogen-bond acceptors (Lipinski definition) is 4. The summed E-state index contributed by atoms with van der Waals surface area (Å²) in [6.45, 7) is 4.79. The number of phenolic OH excluding ortho intramolecular Hbond substituents is 1. The summed E-state index contributed by atoms with van der Waals surface area (Å²) in [6.07, 6.45) is 3.25. The fourth-order valence-corrected chi connectivity index (χ4v) is 4.00. The Morgan fingerprint density at radius 3 is 2.42 bits per heavy atom. The van der Waals surface area contributed by atoms with Crippen LogP contribution >= 0.6 is 0 Å². The van der Waals surface area contributed by atoms with Gasteiger partial charge in [-0.3, -0.25) is 4.79 Å². The van der Waals surface area contributed by atoms with E-state index in [1.807, 2.05) is 17.0 Å². The van der Waals surface area contributed by atoms with Gasteiger partial charge >= 0.3 is 6.09 Å². The lowest BCUT2D eigenvalue weighted by atomic mass is 9.88. The number of hydrogen-bond donors (Lipinski definition) is 1. The van der Waals surface area contributed by atoms with Gasteiger partial charge in [-0.15, -0.1) is 0 Å². The molecule has 1 atom stereocenters. The lowest BCUT2D eigenvalue weighted by Crippen LogP contribution is -2.48. The van der Waals surface area contributed by atoms with Gasteiger partial charge in [-0.05, 0) is 56.2 Å². The van der Waals surface area contributed by atoms with Crippen LogP contribution in [0.25, 0.3) is 0 Å². The van der Waals surface area contributed by atoms with E-state index in [9.17, 15) is 14.7 Å². The van der Waals surface area contributed by atoms with Gasteiger partial charge in [0.15, 0.2) is 0 Å². The van der Waals surface area contributed by atoms with E-state index in [0.717, 1.165) is 38.8 Å².